The standard InChI is InChI=1S/C20H24N2O3S/c1-14-3-5-16(6-4-14)17(13-22-9-11-25-12-10-22)21-20(24)19-8-7-18(26-19)15(2)23/h3-8,17H,9-13H2,1-2H3,(H,21,24)/p+1/t17-/m0/s1. The molecule has 2 N–H and O–H groups in total. The van der Waals surface area contributed by atoms with Gasteiger partial charge in [-0.1, -0.05) is 29.8 Å². The molecule has 1 aliphatic heterocycles. The normalized spacial score (nSPS) is 16.2. The number of amides is 1. The Labute approximate surface area is 158 Å². The third-order valence-corrected chi connectivity index (χ3v) is 5.84. The number of morpholine rings is 1. The molecule has 0 aliphatic carbocycles. The Balaban J connectivity index is 1.76. The van der Waals surface area contributed by atoms with Crippen molar-refractivity contribution in [2.75, 3.05) is 32.8 Å². The molecule has 2 heterocycles. The van der Waals surface area contributed by atoms with Crippen molar-refractivity contribution < 1.29 is 19.2 Å². The first kappa shape index (κ1) is 18.8. The number of thiophene rings is 1. The van der Waals surface area contributed by atoms with Gasteiger partial charge in [-0.2, -0.15) is 0 Å². The lowest BCUT2D eigenvalue weighted by Gasteiger charge is -2.28. The van der Waals surface area contributed by atoms with Crippen LogP contribution in [-0.4, -0.2) is 44.5 Å². The molecule has 2 aromatic rings. The van der Waals surface area contributed by atoms with E-state index in [2.05, 4.69) is 36.5 Å². The Morgan fingerprint density at radius 3 is 2.38 bits per heavy atom. The number of benzene rings is 1. The van der Waals surface area contributed by atoms with Crippen molar-refractivity contribution >= 4 is 23.0 Å². The number of aryl methyl sites for hydroxylation is 1. The Kier molecular flexibility index (Phi) is 6.19. The van der Waals surface area contributed by atoms with E-state index in [9.17, 15) is 9.59 Å². The largest absolute Gasteiger partial charge is 0.370 e. The summed E-state index contributed by atoms with van der Waals surface area (Å²) in [6.07, 6.45) is 0. The van der Waals surface area contributed by atoms with Crippen molar-refractivity contribution in [2.24, 2.45) is 0 Å². The average molecular weight is 373 g/mol. The fourth-order valence-electron chi connectivity index (χ4n) is 3.08. The highest BCUT2D eigenvalue weighted by Crippen LogP contribution is 2.19. The van der Waals surface area contributed by atoms with Gasteiger partial charge in [0.1, 0.15) is 25.7 Å². The maximum atomic E-state index is 12.7. The molecule has 0 radical (unpaired) electrons. The molecule has 3 rings (SSSR count). The Bertz CT molecular complexity index is 764. The molecule has 26 heavy (non-hydrogen) atoms. The molecule has 0 spiro atoms. The Morgan fingerprint density at radius 1 is 1.12 bits per heavy atom. The van der Waals surface area contributed by atoms with E-state index in [1.54, 1.807) is 12.1 Å². The van der Waals surface area contributed by atoms with Crippen molar-refractivity contribution in [3.8, 4) is 0 Å². The third kappa shape index (κ3) is 4.78. The van der Waals surface area contributed by atoms with Gasteiger partial charge in [0.25, 0.3) is 5.91 Å². The fraction of sp³-hybridized carbons (Fsp3) is 0.400. The van der Waals surface area contributed by atoms with Gasteiger partial charge in [-0.3, -0.25) is 9.59 Å². The van der Waals surface area contributed by atoms with Crippen LogP contribution in [0.5, 0.6) is 0 Å². The van der Waals surface area contributed by atoms with E-state index in [-0.39, 0.29) is 17.7 Å². The van der Waals surface area contributed by atoms with Gasteiger partial charge in [-0.05, 0) is 31.5 Å². The number of quaternary nitrogens is 1. The van der Waals surface area contributed by atoms with Gasteiger partial charge >= 0.3 is 0 Å². The summed E-state index contributed by atoms with van der Waals surface area (Å²) in [5.74, 6) is -0.136. The van der Waals surface area contributed by atoms with Crippen LogP contribution >= 0.6 is 11.3 Å². The predicted molar refractivity (Wildman–Crippen MR) is 102 cm³/mol. The SMILES string of the molecule is CC(=O)c1ccc(C(=O)N[C@@H](C[NH+]2CCOCC2)c2ccc(C)cc2)s1. The zero-order valence-electron chi connectivity index (χ0n) is 15.2. The van der Waals surface area contributed by atoms with Crippen LogP contribution in [0.25, 0.3) is 0 Å². The van der Waals surface area contributed by atoms with Crippen molar-refractivity contribution in [3.05, 3.63) is 57.3 Å². The third-order valence-electron chi connectivity index (χ3n) is 4.65. The summed E-state index contributed by atoms with van der Waals surface area (Å²) in [6.45, 7) is 7.82. The van der Waals surface area contributed by atoms with E-state index < -0.39 is 0 Å². The lowest BCUT2D eigenvalue weighted by atomic mass is 10.0. The van der Waals surface area contributed by atoms with E-state index in [1.807, 2.05) is 0 Å². The number of nitrogens with one attached hydrogen (secondary N) is 2. The number of ketones is 1. The minimum atomic E-state index is -0.124. The molecule has 1 aromatic carbocycles. The molecule has 1 amide bonds. The molecular formula is C20H25N2O3S+. The quantitative estimate of drug-likeness (QED) is 0.757. The summed E-state index contributed by atoms with van der Waals surface area (Å²) in [5.41, 5.74) is 2.30. The van der Waals surface area contributed by atoms with Gasteiger partial charge in [0.05, 0.1) is 23.0 Å². The highest BCUT2D eigenvalue weighted by molar-refractivity contribution is 7.15. The predicted octanol–water partition coefficient (Wildman–Crippen LogP) is 1.65. The van der Waals surface area contributed by atoms with Crippen LogP contribution in [0.2, 0.25) is 0 Å². The van der Waals surface area contributed by atoms with Gasteiger partial charge in [0.2, 0.25) is 0 Å². The minimum Gasteiger partial charge on any atom is -0.370 e. The molecule has 1 aromatic heterocycles. The van der Waals surface area contributed by atoms with Crippen molar-refractivity contribution in [1.29, 1.82) is 0 Å². The fourth-order valence-corrected chi connectivity index (χ4v) is 3.89. The first-order valence-corrected chi connectivity index (χ1v) is 9.74. The first-order valence-electron chi connectivity index (χ1n) is 8.92. The Morgan fingerprint density at radius 2 is 1.77 bits per heavy atom. The highest BCUT2D eigenvalue weighted by Gasteiger charge is 2.24. The lowest BCUT2D eigenvalue weighted by Crippen LogP contribution is -3.14. The smallest absolute Gasteiger partial charge is 0.262 e. The number of carbonyl (C=O) groups is 2. The molecule has 0 bridgehead atoms. The summed E-state index contributed by atoms with van der Waals surface area (Å²) in [6, 6.07) is 11.7. The maximum absolute atomic E-state index is 12.7. The van der Waals surface area contributed by atoms with E-state index in [4.69, 9.17) is 4.74 Å². The monoisotopic (exact) mass is 373 g/mol. The van der Waals surface area contributed by atoms with Gasteiger partial charge in [0, 0.05) is 0 Å². The van der Waals surface area contributed by atoms with Crippen LogP contribution in [-0.2, 0) is 4.74 Å². The molecule has 1 aliphatic rings. The van der Waals surface area contributed by atoms with E-state index in [0.717, 1.165) is 38.4 Å². The summed E-state index contributed by atoms with van der Waals surface area (Å²) in [7, 11) is 0. The summed E-state index contributed by atoms with van der Waals surface area (Å²) in [5, 5.41) is 3.17. The van der Waals surface area contributed by atoms with Crippen LogP contribution in [0.1, 0.15) is 43.4 Å². The van der Waals surface area contributed by atoms with Crippen LogP contribution in [0.4, 0.5) is 0 Å². The van der Waals surface area contributed by atoms with Crippen molar-refractivity contribution in [1.82, 2.24) is 5.32 Å². The molecule has 0 unspecified atom stereocenters. The van der Waals surface area contributed by atoms with E-state index in [0.29, 0.717) is 9.75 Å². The zero-order valence-corrected chi connectivity index (χ0v) is 16.0. The van der Waals surface area contributed by atoms with Crippen LogP contribution in [0, 0.1) is 6.92 Å². The number of hydrogen-bond acceptors (Lipinski definition) is 4. The number of hydrogen-bond donors (Lipinski definition) is 2. The number of ether oxygens (including phenoxy) is 1. The van der Waals surface area contributed by atoms with Gasteiger partial charge in [0.15, 0.2) is 5.78 Å². The second-order valence-electron chi connectivity index (χ2n) is 6.72. The highest BCUT2D eigenvalue weighted by atomic mass is 32.1. The van der Waals surface area contributed by atoms with Gasteiger partial charge in [-0.25, -0.2) is 0 Å². The van der Waals surface area contributed by atoms with Gasteiger partial charge in [-0.15, -0.1) is 11.3 Å². The number of carbonyl (C=O) groups excluding carboxylic acids is 2. The zero-order chi connectivity index (χ0) is 18.5. The molecule has 6 heteroatoms. The Hall–Kier alpha value is -2.02. The lowest BCUT2D eigenvalue weighted by molar-refractivity contribution is -0.909. The molecular weight excluding hydrogens is 348 g/mol. The minimum absolute atomic E-state index is 0.0121. The van der Waals surface area contributed by atoms with E-state index in [1.165, 1.54) is 28.7 Å². The average Bonchev–Trinajstić information content (AvgIpc) is 3.13. The second kappa shape index (κ2) is 8.58. The molecule has 1 atom stereocenters. The van der Waals surface area contributed by atoms with Crippen LogP contribution in [0.3, 0.4) is 0 Å². The first-order chi connectivity index (χ1) is 12.5. The van der Waals surface area contributed by atoms with Crippen molar-refractivity contribution in [2.45, 2.75) is 19.9 Å². The van der Waals surface area contributed by atoms with E-state index >= 15 is 0 Å². The number of Topliss-reactive ketones (excluding diaryl/α,β-unsaturated/α-hetero) is 1. The molecule has 5 nitrogen and oxygen atoms in total. The van der Waals surface area contributed by atoms with Gasteiger partial charge < -0.3 is 15.0 Å². The molecule has 1 fully saturated rings. The topological polar surface area (TPSA) is 59.8 Å². The number of rotatable bonds is 6. The van der Waals surface area contributed by atoms with Crippen LogP contribution in [0.15, 0.2) is 36.4 Å². The van der Waals surface area contributed by atoms with Crippen molar-refractivity contribution in [3.63, 3.8) is 0 Å². The molecule has 0 saturated carbocycles. The molecule has 1 saturated heterocycles. The summed E-state index contributed by atoms with van der Waals surface area (Å²) < 4.78 is 5.44. The summed E-state index contributed by atoms with van der Waals surface area (Å²) in [4.78, 5) is 26.8. The second-order valence-corrected chi connectivity index (χ2v) is 7.81. The summed E-state index contributed by atoms with van der Waals surface area (Å²) >= 11 is 1.25. The van der Waals surface area contributed by atoms with Crippen LogP contribution < -0.4 is 10.2 Å². The molecule has 138 valence electrons. The maximum Gasteiger partial charge on any atom is 0.262 e.